The standard InChI is InChI=1S/C20H22N4O2/c1-14(2)11-24-12-17(24)13-25-18-7-5-15(6-8-18)19-22-20(26-23-19)16-4-3-9-21-10-16/h3-10,14,17H,11-13H2,1-2H3. The summed E-state index contributed by atoms with van der Waals surface area (Å²) in [5.74, 6) is 2.58. The Bertz CT molecular complexity index is 846. The number of hydrogen-bond acceptors (Lipinski definition) is 6. The van der Waals surface area contributed by atoms with Crippen molar-refractivity contribution in [2.24, 2.45) is 5.92 Å². The predicted molar refractivity (Wildman–Crippen MR) is 98.7 cm³/mol. The summed E-state index contributed by atoms with van der Waals surface area (Å²) in [6.07, 6.45) is 3.41. The normalized spacial score (nSPS) is 18.9. The summed E-state index contributed by atoms with van der Waals surface area (Å²) < 4.78 is 11.2. The van der Waals surface area contributed by atoms with Crippen molar-refractivity contribution in [3.8, 4) is 28.6 Å². The number of pyridine rings is 1. The molecule has 0 radical (unpaired) electrons. The molecule has 1 aliphatic heterocycles. The van der Waals surface area contributed by atoms with Crippen LogP contribution in [-0.2, 0) is 0 Å². The Morgan fingerprint density at radius 2 is 2.04 bits per heavy atom. The maximum atomic E-state index is 5.89. The van der Waals surface area contributed by atoms with Gasteiger partial charge >= 0.3 is 0 Å². The van der Waals surface area contributed by atoms with Crippen LogP contribution < -0.4 is 4.74 Å². The second-order valence-corrected chi connectivity index (χ2v) is 7.00. The minimum atomic E-state index is 0.465. The van der Waals surface area contributed by atoms with Crippen molar-refractivity contribution in [3.05, 3.63) is 48.8 Å². The average Bonchev–Trinajstić information content (AvgIpc) is 3.19. The molecule has 1 aliphatic rings. The number of rotatable bonds is 7. The number of nitrogens with zero attached hydrogens (tertiary/aromatic N) is 4. The van der Waals surface area contributed by atoms with E-state index in [1.165, 1.54) is 0 Å². The molecule has 2 unspecified atom stereocenters. The summed E-state index contributed by atoms with van der Waals surface area (Å²) in [5.41, 5.74) is 1.70. The van der Waals surface area contributed by atoms with E-state index < -0.39 is 0 Å². The van der Waals surface area contributed by atoms with Gasteiger partial charge in [0.1, 0.15) is 12.4 Å². The van der Waals surface area contributed by atoms with E-state index in [0.717, 1.165) is 36.6 Å². The third-order valence-electron chi connectivity index (χ3n) is 4.32. The largest absolute Gasteiger partial charge is 0.492 e. The van der Waals surface area contributed by atoms with Gasteiger partial charge in [0.05, 0.1) is 11.6 Å². The zero-order chi connectivity index (χ0) is 17.9. The quantitative estimate of drug-likeness (QED) is 0.608. The van der Waals surface area contributed by atoms with Gasteiger partial charge in [-0.25, -0.2) is 0 Å². The van der Waals surface area contributed by atoms with E-state index >= 15 is 0 Å². The molecule has 3 aromatic rings. The molecule has 2 atom stereocenters. The van der Waals surface area contributed by atoms with Crippen LogP contribution in [-0.4, -0.2) is 45.8 Å². The van der Waals surface area contributed by atoms with Crippen LogP contribution in [0.4, 0.5) is 0 Å². The van der Waals surface area contributed by atoms with Crippen molar-refractivity contribution < 1.29 is 9.26 Å². The molecule has 134 valence electrons. The minimum absolute atomic E-state index is 0.465. The fraction of sp³-hybridized carbons (Fsp3) is 0.350. The first-order chi connectivity index (χ1) is 12.7. The van der Waals surface area contributed by atoms with Gasteiger partial charge in [-0.15, -0.1) is 0 Å². The van der Waals surface area contributed by atoms with Gasteiger partial charge in [0.15, 0.2) is 0 Å². The Hall–Kier alpha value is -2.73. The topological polar surface area (TPSA) is 64.1 Å². The van der Waals surface area contributed by atoms with Gasteiger partial charge in [-0.3, -0.25) is 9.88 Å². The molecule has 6 nitrogen and oxygen atoms in total. The Kier molecular flexibility index (Phi) is 4.67. The van der Waals surface area contributed by atoms with Crippen LogP contribution >= 0.6 is 0 Å². The fourth-order valence-electron chi connectivity index (χ4n) is 2.91. The molecule has 4 rings (SSSR count). The molecule has 0 aliphatic carbocycles. The van der Waals surface area contributed by atoms with Crippen molar-refractivity contribution in [2.75, 3.05) is 19.7 Å². The zero-order valence-corrected chi connectivity index (χ0v) is 15.0. The number of ether oxygens (including phenoxy) is 1. The van der Waals surface area contributed by atoms with Crippen molar-refractivity contribution in [1.82, 2.24) is 20.0 Å². The molecule has 1 fully saturated rings. The second kappa shape index (κ2) is 7.25. The van der Waals surface area contributed by atoms with E-state index in [-0.39, 0.29) is 0 Å². The Labute approximate surface area is 152 Å². The molecule has 6 heteroatoms. The predicted octanol–water partition coefficient (Wildman–Crippen LogP) is 3.52. The lowest BCUT2D eigenvalue weighted by Gasteiger charge is -2.08. The van der Waals surface area contributed by atoms with Crippen LogP contribution in [0.25, 0.3) is 22.8 Å². The van der Waals surface area contributed by atoms with Gasteiger partial charge in [-0.1, -0.05) is 19.0 Å². The van der Waals surface area contributed by atoms with Crippen molar-refractivity contribution in [2.45, 2.75) is 19.9 Å². The third kappa shape index (κ3) is 3.91. The van der Waals surface area contributed by atoms with E-state index in [9.17, 15) is 0 Å². The van der Waals surface area contributed by atoms with E-state index in [1.54, 1.807) is 12.4 Å². The molecule has 0 N–H and O–H groups in total. The van der Waals surface area contributed by atoms with Gasteiger partial charge in [-0.05, 0) is 42.3 Å². The summed E-state index contributed by atoms with van der Waals surface area (Å²) in [5, 5.41) is 4.05. The van der Waals surface area contributed by atoms with Gasteiger partial charge in [0, 0.05) is 31.0 Å². The monoisotopic (exact) mass is 350 g/mol. The molecule has 3 heterocycles. The van der Waals surface area contributed by atoms with Crippen molar-refractivity contribution >= 4 is 0 Å². The number of aromatic nitrogens is 3. The summed E-state index contributed by atoms with van der Waals surface area (Å²) in [7, 11) is 0. The molecule has 0 amide bonds. The maximum absolute atomic E-state index is 5.89. The molecule has 0 bridgehead atoms. The maximum Gasteiger partial charge on any atom is 0.259 e. The van der Waals surface area contributed by atoms with Crippen LogP contribution in [0.5, 0.6) is 5.75 Å². The van der Waals surface area contributed by atoms with Crippen LogP contribution in [0, 0.1) is 5.92 Å². The average molecular weight is 350 g/mol. The van der Waals surface area contributed by atoms with Gasteiger partial charge in [-0.2, -0.15) is 4.98 Å². The number of hydrogen-bond donors (Lipinski definition) is 0. The molecule has 0 spiro atoms. The lowest BCUT2D eigenvalue weighted by molar-refractivity contribution is 0.287. The Balaban J connectivity index is 1.36. The molecule has 26 heavy (non-hydrogen) atoms. The molecule has 1 aromatic carbocycles. The first kappa shape index (κ1) is 16.7. The lowest BCUT2D eigenvalue weighted by Crippen LogP contribution is -2.14. The first-order valence-electron chi connectivity index (χ1n) is 8.90. The Morgan fingerprint density at radius 3 is 2.77 bits per heavy atom. The smallest absolute Gasteiger partial charge is 0.259 e. The molecule has 0 saturated carbocycles. The van der Waals surface area contributed by atoms with Gasteiger partial charge in [0.25, 0.3) is 5.89 Å². The molecule has 1 saturated heterocycles. The SMILES string of the molecule is CC(C)CN1CC1COc1ccc(-c2noc(-c3cccnc3)n2)cc1. The minimum Gasteiger partial charge on any atom is -0.492 e. The lowest BCUT2D eigenvalue weighted by atomic mass is 10.2. The molecular formula is C20H22N4O2. The highest BCUT2D eigenvalue weighted by molar-refractivity contribution is 5.59. The fourth-order valence-corrected chi connectivity index (χ4v) is 2.91. The highest BCUT2D eigenvalue weighted by atomic mass is 16.5. The third-order valence-corrected chi connectivity index (χ3v) is 4.32. The van der Waals surface area contributed by atoms with Crippen molar-refractivity contribution in [1.29, 1.82) is 0 Å². The summed E-state index contributed by atoms with van der Waals surface area (Å²) in [4.78, 5) is 10.9. The van der Waals surface area contributed by atoms with E-state index in [4.69, 9.17) is 9.26 Å². The van der Waals surface area contributed by atoms with Crippen LogP contribution in [0.2, 0.25) is 0 Å². The van der Waals surface area contributed by atoms with Crippen molar-refractivity contribution in [3.63, 3.8) is 0 Å². The summed E-state index contributed by atoms with van der Waals surface area (Å²) in [6.45, 7) is 7.50. The van der Waals surface area contributed by atoms with Crippen LogP contribution in [0.3, 0.4) is 0 Å². The zero-order valence-electron chi connectivity index (χ0n) is 15.0. The summed E-state index contributed by atoms with van der Waals surface area (Å²) >= 11 is 0. The van der Waals surface area contributed by atoms with Crippen LogP contribution in [0.1, 0.15) is 13.8 Å². The van der Waals surface area contributed by atoms with Gasteiger partial charge < -0.3 is 9.26 Å². The molecular weight excluding hydrogens is 328 g/mol. The second-order valence-electron chi connectivity index (χ2n) is 7.00. The highest BCUT2D eigenvalue weighted by Crippen LogP contribution is 2.25. The Morgan fingerprint density at radius 1 is 1.19 bits per heavy atom. The van der Waals surface area contributed by atoms with E-state index in [0.29, 0.717) is 23.7 Å². The van der Waals surface area contributed by atoms with E-state index in [2.05, 4.69) is 33.9 Å². The number of benzene rings is 1. The summed E-state index contributed by atoms with van der Waals surface area (Å²) in [6, 6.07) is 12.1. The first-order valence-corrected chi connectivity index (χ1v) is 8.90. The van der Waals surface area contributed by atoms with E-state index in [1.807, 2.05) is 36.4 Å². The molecule has 2 aromatic heterocycles. The van der Waals surface area contributed by atoms with Crippen LogP contribution in [0.15, 0.2) is 53.3 Å². The van der Waals surface area contributed by atoms with Gasteiger partial charge in [0.2, 0.25) is 5.82 Å². The highest BCUT2D eigenvalue weighted by Gasteiger charge is 2.34.